The molecule has 18 heavy (non-hydrogen) atoms. The first-order valence-electron chi connectivity index (χ1n) is 7.50. The van der Waals surface area contributed by atoms with E-state index in [2.05, 4.69) is 40.0 Å². The fourth-order valence-corrected chi connectivity index (χ4v) is 3.63. The van der Waals surface area contributed by atoms with Crippen molar-refractivity contribution in [1.29, 1.82) is 0 Å². The minimum absolute atomic E-state index is 0.720. The van der Waals surface area contributed by atoms with Gasteiger partial charge in [0.2, 0.25) is 0 Å². The van der Waals surface area contributed by atoms with Gasteiger partial charge in [-0.2, -0.15) is 0 Å². The van der Waals surface area contributed by atoms with E-state index in [1.54, 1.807) is 0 Å². The molecule has 2 aliphatic heterocycles. The Balaban J connectivity index is 1.56. The third-order valence-corrected chi connectivity index (χ3v) is 4.54. The van der Waals surface area contributed by atoms with Crippen LogP contribution in [0.25, 0.3) is 0 Å². The van der Waals surface area contributed by atoms with Gasteiger partial charge >= 0.3 is 0 Å². The number of nitrogens with one attached hydrogen (secondary N) is 1. The molecule has 0 aliphatic carbocycles. The summed E-state index contributed by atoms with van der Waals surface area (Å²) in [5.74, 6) is 0. The number of hydrogen-bond donors (Lipinski definition) is 1. The van der Waals surface area contributed by atoms with E-state index >= 15 is 0 Å². The quantitative estimate of drug-likeness (QED) is 0.861. The second kappa shape index (κ2) is 5.45. The van der Waals surface area contributed by atoms with Crippen molar-refractivity contribution >= 4 is 0 Å². The van der Waals surface area contributed by atoms with Crippen LogP contribution in [-0.4, -0.2) is 34.6 Å². The lowest BCUT2D eigenvalue weighted by Crippen LogP contribution is -2.39. The summed E-state index contributed by atoms with van der Waals surface area (Å²) in [5, 5.41) is 3.79. The molecule has 0 saturated carbocycles. The predicted molar refractivity (Wildman–Crippen MR) is 74.6 cm³/mol. The second-order valence-corrected chi connectivity index (χ2v) is 5.71. The van der Waals surface area contributed by atoms with Gasteiger partial charge in [-0.1, -0.05) is 6.92 Å². The Morgan fingerprint density at radius 2 is 2.28 bits per heavy atom. The lowest BCUT2D eigenvalue weighted by atomic mass is 10.1. The summed E-state index contributed by atoms with van der Waals surface area (Å²) in [6, 6.07) is 5.96. The molecule has 0 aromatic carbocycles. The van der Waals surface area contributed by atoms with Crippen molar-refractivity contribution in [2.24, 2.45) is 0 Å². The zero-order valence-electron chi connectivity index (χ0n) is 11.4. The average Bonchev–Trinajstić information content (AvgIpc) is 3.03. The molecule has 3 heterocycles. The summed E-state index contributed by atoms with van der Waals surface area (Å²) < 4.78 is 2.38. The van der Waals surface area contributed by atoms with Gasteiger partial charge in [0.1, 0.15) is 0 Å². The van der Waals surface area contributed by atoms with Gasteiger partial charge < -0.3 is 9.88 Å². The number of nitrogens with zero attached hydrogens (tertiary/aromatic N) is 2. The van der Waals surface area contributed by atoms with Crippen LogP contribution in [-0.2, 0) is 13.1 Å². The molecular weight excluding hydrogens is 222 g/mol. The van der Waals surface area contributed by atoms with Gasteiger partial charge in [0.05, 0.1) is 0 Å². The molecule has 0 amide bonds. The maximum absolute atomic E-state index is 3.79. The summed E-state index contributed by atoms with van der Waals surface area (Å²) in [5.41, 5.74) is 1.44. The van der Waals surface area contributed by atoms with Gasteiger partial charge in [0.15, 0.2) is 0 Å². The zero-order valence-corrected chi connectivity index (χ0v) is 11.4. The molecule has 1 aromatic heterocycles. The second-order valence-electron chi connectivity index (χ2n) is 5.71. The van der Waals surface area contributed by atoms with Gasteiger partial charge in [-0.15, -0.1) is 0 Å². The molecule has 1 aromatic rings. The maximum Gasteiger partial charge on any atom is 0.0362 e. The number of rotatable bonds is 5. The Morgan fingerprint density at radius 1 is 1.33 bits per heavy atom. The molecule has 0 bridgehead atoms. The Labute approximate surface area is 110 Å². The van der Waals surface area contributed by atoms with Gasteiger partial charge in [-0.3, -0.25) is 4.90 Å². The van der Waals surface area contributed by atoms with E-state index in [1.165, 1.54) is 44.5 Å². The summed E-state index contributed by atoms with van der Waals surface area (Å²) in [6.07, 6.45) is 7.54. The van der Waals surface area contributed by atoms with E-state index in [1.807, 2.05) is 0 Å². The van der Waals surface area contributed by atoms with Gasteiger partial charge in [-0.25, -0.2) is 0 Å². The van der Waals surface area contributed by atoms with Crippen LogP contribution < -0.4 is 5.32 Å². The zero-order chi connectivity index (χ0) is 12.4. The topological polar surface area (TPSA) is 20.2 Å². The fourth-order valence-electron chi connectivity index (χ4n) is 3.63. The van der Waals surface area contributed by atoms with Gasteiger partial charge in [-0.05, 0) is 44.4 Å². The maximum atomic E-state index is 3.79. The molecule has 2 aliphatic rings. The molecule has 1 N–H and O–H groups in total. The highest BCUT2D eigenvalue weighted by atomic mass is 15.2. The van der Waals surface area contributed by atoms with Crippen LogP contribution in [0.4, 0.5) is 0 Å². The Bertz CT molecular complexity index is 385. The van der Waals surface area contributed by atoms with E-state index in [4.69, 9.17) is 0 Å². The molecule has 2 saturated heterocycles. The van der Waals surface area contributed by atoms with E-state index in [0.717, 1.165) is 25.2 Å². The number of fused-ring (bicyclic) bond motifs is 1. The SMILES string of the molecule is CCCn1cccc1CNC1CCN2CCCC12. The van der Waals surface area contributed by atoms with E-state index in [-0.39, 0.29) is 0 Å². The van der Waals surface area contributed by atoms with Gasteiger partial charge in [0.25, 0.3) is 0 Å². The highest BCUT2D eigenvalue weighted by Gasteiger charge is 2.36. The highest BCUT2D eigenvalue weighted by Crippen LogP contribution is 2.28. The van der Waals surface area contributed by atoms with Crippen LogP contribution in [0, 0.1) is 0 Å². The first kappa shape index (κ1) is 12.2. The van der Waals surface area contributed by atoms with Gasteiger partial charge in [0, 0.05) is 43.6 Å². The molecule has 2 fully saturated rings. The molecule has 3 nitrogen and oxygen atoms in total. The Kier molecular flexibility index (Phi) is 3.71. The minimum Gasteiger partial charge on any atom is -0.350 e. The Morgan fingerprint density at radius 3 is 3.17 bits per heavy atom. The molecule has 3 rings (SSSR count). The first-order chi connectivity index (χ1) is 8.88. The van der Waals surface area contributed by atoms with E-state index < -0.39 is 0 Å². The van der Waals surface area contributed by atoms with Crippen LogP contribution in [0.3, 0.4) is 0 Å². The van der Waals surface area contributed by atoms with Crippen molar-refractivity contribution in [3.05, 3.63) is 24.0 Å². The first-order valence-corrected chi connectivity index (χ1v) is 7.50. The lowest BCUT2D eigenvalue weighted by molar-refractivity contribution is 0.297. The standard InChI is InChI=1S/C15H25N3/c1-2-8-17-9-3-5-13(17)12-16-14-7-11-18-10-4-6-15(14)18/h3,5,9,14-16H,2,4,6-8,10-12H2,1H3. The predicted octanol–water partition coefficient (Wildman–Crippen LogP) is 2.22. The van der Waals surface area contributed by atoms with Crippen molar-refractivity contribution in [2.45, 2.75) is 57.8 Å². The van der Waals surface area contributed by atoms with E-state index in [0.29, 0.717) is 0 Å². The summed E-state index contributed by atoms with van der Waals surface area (Å²) in [6.45, 7) is 7.05. The molecular formula is C15H25N3. The van der Waals surface area contributed by atoms with Crippen molar-refractivity contribution in [2.75, 3.05) is 13.1 Å². The van der Waals surface area contributed by atoms with Crippen LogP contribution in [0.15, 0.2) is 18.3 Å². The summed E-state index contributed by atoms with van der Waals surface area (Å²) in [7, 11) is 0. The third-order valence-electron chi connectivity index (χ3n) is 4.54. The van der Waals surface area contributed by atoms with Crippen molar-refractivity contribution in [1.82, 2.24) is 14.8 Å². The van der Waals surface area contributed by atoms with Crippen LogP contribution in [0.1, 0.15) is 38.3 Å². The molecule has 100 valence electrons. The number of hydrogen-bond acceptors (Lipinski definition) is 2. The monoisotopic (exact) mass is 247 g/mol. The summed E-state index contributed by atoms with van der Waals surface area (Å²) >= 11 is 0. The molecule has 2 unspecified atom stereocenters. The number of aromatic nitrogens is 1. The van der Waals surface area contributed by atoms with Crippen molar-refractivity contribution in [3.8, 4) is 0 Å². The fraction of sp³-hybridized carbons (Fsp3) is 0.733. The van der Waals surface area contributed by atoms with Crippen LogP contribution >= 0.6 is 0 Å². The molecule has 0 spiro atoms. The van der Waals surface area contributed by atoms with Crippen LogP contribution in [0.2, 0.25) is 0 Å². The lowest BCUT2D eigenvalue weighted by Gasteiger charge is -2.21. The summed E-state index contributed by atoms with van der Waals surface area (Å²) in [4.78, 5) is 2.67. The smallest absolute Gasteiger partial charge is 0.0362 e. The minimum atomic E-state index is 0.720. The Hall–Kier alpha value is -0.800. The molecule has 0 radical (unpaired) electrons. The number of aryl methyl sites for hydroxylation is 1. The largest absolute Gasteiger partial charge is 0.350 e. The van der Waals surface area contributed by atoms with Crippen molar-refractivity contribution in [3.63, 3.8) is 0 Å². The molecule has 3 heteroatoms. The van der Waals surface area contributed by atoms with Crippen LogP contribution in [0.5, 0.6) is 0 Å². The van der Waals surface area contributed by atoms with E-state index in [9.17, 15) is 0 Å². The molecule has 2 atom stereocenters. The third kappa shape index (κ3) is 2.34. The average molecular weight is 247 g/mol. The van der Waals surface area contributed by atoms with Crippen molar-refractivity contribution < 1.29 is 0 Å². The highest BCUT2D eigenvalue weighted by molar-refractivity contribution is 5.08. The normalized spacial score (nSPS) is 27.8.